The Morgan fingerprint density at radius 1 is 1.00 bits per heavy atom. The molecule has 3 aromatic rings. The molecule has 1 aliphatic heterocycles. The number of piperidine rings is 1. The molecule has 0 aliphatic carbocycles. The van der Waals surface area contributed by atoms with Crippen LogP contribution in [0.2, 0.25) is 0 Å². The van der Waals surface area contributed by atoms with Crippen LogP contribution in [0.4, 0.5) is 13.2 Å². The van der Waals surface area contributed by atoms with Crippen LogP contribution in [-0.2, 0) is 4.74 Å². The maximum absolute atomic E-state index is 14.4. The van der Waals surface area contributed by atoms with Crippen LogP contribution in [0.3, 0.4) is 0 Å². The van der Waals surface area contributed by atoms with Gasteiger partial charge in [-0.05, 0) is 46.2 Å². The van der Waals surface area contributed by atoms with E-state index in [0.717, 1.165) is 16.3 Å². The fourth-order valence-electron chi connectivity index (χ4n) is 3.85. The van der Waals surface area contributed by atoms with Crippen LogP contribution in [0.5, 0.6) is 0 Å². The third-order valence-corrected chi connectivity index (χ3v) is 5.59. The first kappa shape index (κ1) is 20.9. The standard InChI is InChI=1S/C24H20F3NO3/c1-31-23(30)20-8-5-16(14-21(20)25)18-4-2-3-15-13-17(6-7-19(15)18)22(29)28-11-9-24(26,27)10-12-28/h2-8,13-14H,9-12H2,1H3. The SMILES string of the molecule is COC(=O)c1ccc(-c2cccc3cc(C(=O)N4CCC(F)(F)CC4)ccc23)cc1F. The van der Waals surface area contributed by atoms with E-state index in [-0.39, 0.29) is 37.4 Å². The average Bonchev–Trinajstić information content (AvgIpc) is 2.77. The summed E-state index contributed by atoms with van der Waals surface area (Å²) in [5.74, 6) is -4.43. The first-order chi connectivity index (χ1) is 14.8. The summed E-state index contributed by atoms with van der Waals surface area (Å²) < 4.78 is 45.7. The molecule has 1 fully saturated rings. The summed E-state index contributed by atoms with van der Waals surface area (Å²) in [6.45, 7) is 0.0471. The average molecular weight is 427 g/mol. The second-order valence-electron chi connectivity index (χ2n) is 7.58. The van der Waals surface area contributed by atoms with Crippen molar-refractivity contribution in [2.24, 2.45) is 0 Å². The lowest BCUT2D eigenvalue weighted by atomic mass is 9.95. The number of likely N-dealkylation sites (tertiary alicyclic amines) is 1. The molecule has 0 atom stereocenters. The smallest absolute Gasteiger partial charge is 0.340 e. The second-order valence-corrected chi connectivity index (χ2v) is 7.58. The Balaban J connectivity index is 1.65. The molecule has 7 heteroatoms. The number of carbonyl (C=O) groups is 2. The number of esters is 1. The van der Waals surface area contributed by atoms with Gasteiger partial charge in [0.15, 0.2) is 0 Å². The van der Waals surface area contributed by atoms with E-state index < -0.39 is 17.7 Å². The van der Waals surface area contributed by atoms with E-state index in [0.29, 0.717) is 11.1 Å². The van der Waals surface area contributed by atoms with Crippen molar-refractivity contribution in [3.8, 4) is 11.1 Å². The van der Waals surface area contributed by atoms with Gasteiger partial charge in [0.05, 0.1) is 12.7 Å². The summed E-state index contributed by atoms with van der Waals surface area (Å²) in [6, 6.07) is 14.9. The highest BCUT2D eigenvalue weighted by atomic mass is 19.3. The first-order valence-electron chi connectivity index (χ1n) is 9.87. The van der Waals surface area contributed by atoms with Gasteiger partial charge in [-0.1, -0.05) is 30.3 Å². The number of nitrogens with zero attached hydrogens (tertiary/aromatic N) is 1. The summed E-state index contributed by atoms with van der Waals surface area (Å²) in [7, 11) is 1.19. The predicted molar refractivity (Wildman–Crippen MR) is 111 cm³/mol. The molecule has 0 saturated carbocycles. The molecule has 3 aromatic carbocycles. The van der Waals surface area contributed by atoms with Crippen molar-refractivity contribution in [3.05, 3.63) is 71.5 Å². The summed E-state index contributed by atoms with van der Waals surface area (Å²) >= 11 is 0. The molecule has 1 aliphatic rings. The predicted octanol–water partition coefficient (Wildman–Crippen LogP) is 5.30. The molecule has 4 rings (SSSR count). The number of fused-ring (bicyclic) bond motifs is 1. The lowest BCUT2D eigenvalue weighted by Crippen LogP contribution is -2.42. The summed E-state index contributed by atoms with van der Waals surface area (Å²) in [6.07, 6.45) is -0.660. The lowest BCUT2D eigenvalue weighted by Gasteiger charge is -2.31. The van der Waals surface area contributed by atoms with Crippen LogP contribution in [0.1, 0.15) is 33.6 Å². The van der Waals surface area contributed by atoms with Crippen LogP contribution >= 0.6 is 0 Å². The molecule has 1 heterocycles. The van der Waals surface area contributed by atoms with Crippen LogP contribution in [0.25, 0.3) is 21.9 Å². The molecule has 1 saturated heterocycles. The van der Waals surface area contributed by atoms with Crippen LogP contribution in [0.15, 0.2) is 54.6 Å². The zero-order chi connectivity index (χ0) is 22.2. The van der Waals surface area contributed by atoms with Gasteiger partial charge in [-0.15, -0.1) is 0 Å². The van der Waals surface area contributed by atoms with Crippen molar-refractivity contribution in [1.29, 1.82) is 0 Å². The van der Waals surface area contributed by atoms with Crippen LogP contribution in [0, 0.1) is 5.82 Å². The number of hydrogen-bond donors (Lipinski definition) is 0. The zero-order valence-corrected chi connectivity index (χ0v) is 16.8. The Bertz CT molecular complexity index is 1170. The highest BCUT2D eigenvalue weighted by molar-refractivity contribution is 6.03. The van der Waals surface area contributed by atoms with Crippen molar-refractivity contribution in [2.45, 2.75) is 18.8 Å². The monoisotopic (exact) mass is 427 g/mol. The maximum Gasteiger partial charge on any atom is 0.340 e. The van der Waals surface area contributed by atoms with E-state index in [9.17, 15) is 22.8 Å². The molecule has 4 nitrogen and oxygen atoms in total. The van der Waals surface area contributed by atoms with Crippen molar-refractivity contribution in [2.75, 3.05) is 20.2 Å². The van der Waals surface area contributed by atoms with E-state index in [2.05, 4.69) is 4.74 Å². The fourth-order valence-corrected chi connectivity index (χ4v) is 3.85. The Labute approximate surface area is 177 Å². The van der Waals surface area contributed by atoms with Gasteiger partial charge >= 0.3 is 5.97 Å². The van der Waals surface area contributed by atoms with Crippen molar-refractivity contribution in [1.82, 2.24) is 4.90 Å². The molecule has 0 unspecified atom stereocenters. The van der Waals surface area contributed by atoms with Gasteiger partial charge in [0, 0.05) is 31.5 Å². The Kier molecular flexibility index (Phi) is 5.43. The number of benzene rings is 3. The molecule has 0 aromatic heterocycles. The van der Waals surface area contributed by atoms with Gasteiger partial charge in [-0.3, -0.25) is 4.79 Å². The maximum atomic E-state index is 14.4. The zero-order valence-electron chi connectivity index (χ0n) is 16.8. The lowest BCUT2D eigenvalue weighted by molar-refractivity contribution is -0.0494. The van der Waals surface area contributed by atoms with E-state index in [1.165, 1.54) is 24.1 Å². The largest absolute Gasteiger partial charge is 0.465 e. The highest BCUT2D eigenvalue weighted by Gasteiger charge is 2.35. The molecular formula is C24H20F3NO3. The van der Waals surface area contributed by atoms with Crippen molar-refractivity contribution in [3.63, 3.8) is 0 Å². The molecule has 1 amide bonds. The minimum absolute atomic E-state index is 0.0235. The molecule has 0 radical (unpaired) electrons. The number of halogens is 3. The van der Waals surface area contributed by atoms with Gasteiger partial charge in [-0.2, -0.15) is 0 Å². The topological polar surface area (TPSA) is 46.6 Å². The second kappa shape index (κ2) is 8.06. The number of carbonyl (C=O) groups excluding carboxylic acids is 2. The number of ether oxygens (including phenoxy) is 1. The summed E-state index contributed by atoms with van der Waals surface area (Å²) in [5.41, 5.74) is 1.59. The Hall–Kier alpha value is -3.35. The summed E-state index contributed by atoms with van der Waals surface area (Å²) in [4.78, 5) is 25.8. The highest BCUT2D eigenvalue weighted by Crippen LogP contribution is 2.32. The van der Waals surface area contributed by atoms with E-state index in [1.807, 2.05) is 12.1 Å². The normalized spacial score (nSPS) is 15.7. The molecule has 0 bridgehead atoms. The quantitative estimate of drug-likeness (QED) is 0.533. The Morgan fingerprint density at radius 2 is 1.74 bits per heavy atom. The van der Waals surface area contributed by atoms with Gasteiger partial charge in [0.25, 0.3) is 11.8 Å². The Morgan fingerprint density at radius 3 is 2.42 bits per heavy atom. The van der Waals surface area contributed by atoms with E-state index >= 15 is 0 Å². The molecule has 0 spiro atoms. The molecule has 0 N–H and O–H groups in total. The third-order valence-electron chi connectivity index (χ3n) is 5.59. The molecular weight excluding hydrogens is 407 g/mol. The van der Waals surface area contributed by atoms with Crippen LogP contribution < -0.4 is 0 Å². The minimum atomic E-state index is -2.71. The van der Waals surface area contributed by atoms with Gasteiger partial charge in [0.1, 0.15) is 5.82 Å². The van der Waals surface area contributed by atoms with E-state index in [1.54, 1.807) is 30.3 Å². The van der Waals surface area contributed by atoms with Gasteiger partial charge in [-0.25, -0.2) is 18.0 Å². The minimum Gasteiger partial charge on any atom is -0.465 e. The first-order valence-corrected chi connectivity index (χ1v) is 9.87. The number of alkyl halides is 2. The van der Waals surface area contributed by atoms with Gasteiger partial charge in [0.2, 0.25) is 0 Å². The number of methoxy groups -OCH3 is 1. The van der Waals surface area contributed by atoms with Gasteiger partial charge < -0.3 is 9.64 Å². The number of amides is 1. The molecule has 160 valence electrons. The van der Waals surface area contributed by atoms with Crippen LogP contribution in [-0.4, -0.2) is 42.9 Å². The number of hydrogen-bond acceptors (Lipinski definition) is 3. The third kappa shape index (κ3) is 4.13. The fraction of sp³-hybridized carbons (Fsp3) is 0.250. The summed E-state index contributed by atoms with van der Waals surface area (Å²) in [5, 5.41) is 1.57. The van der Waals surface area contributed by atoms with E-state index in [4.69, 9.17) is 0 Å². The van der Waals surface area contributed by atoms with Crippen molar-refractivity contribution >= 4 is 22.6 Å². The van der Waals surface area contributed by atoms with Crippen molar-refractivity contribution < 1.29 is 27.5 Å². The number of rotatable bonds is 3. The molecule has 31 heavy (non-hydrogen) atoms.